The molecule has 3 heteroatoms. The molecule has 3 nitrogen and oxygen atoms in total. The number of hydrogen-bond acceptors (Lipinski definition) is 3. The van der Waals surface area contributed by atoms with Gasteiger partial charge in [0.2, 0.25) is 0 Å². The molecule has 3 aromatic carbocycles. The third-order valence-corrected chi connectivity index (χ3v) is 10.7. The number of fused-ring (bicyclic) bond motifs is 8. The van der Waals surface area contributed by atoms with Gasteiger partial charge in [-0.2, -0.15) is 0 Å². The normalized spacial score (nSPS) is 26.7. The van der Waals surface area contributed by atoms with E-state index < -0.39 is 0 Å². The van der Waals surface area contributed by atoms with Crippen molar-refractivity contribution in [3.63, 3.8) is 0 Å². The number of phenols is 1. The molecule has 0 aromatic heterocycles. The fraction of sp³-hybridized carbons (Fsp3) is 0.556. The summed E-state index contributed by atoms with van der Waals surface area (Å²) in [5.74, 6) is 1.82. The van der Waals surface area contributed by atoms with Crippen molar-refractivity contribution in [2.24, 2.45) is 10.8 Å². The third kappa shape index (κ3) is 3.86. The number of phenolic OH excluding ortho intramolecular Hbond substituents is 1. The van der Waals surface area contributed by atoms with E-state index >= 15 is 0 Å². The lowest BCUT2D eigenvalue weighted by molar-refractivity contribution is 0.0645. The van der Waals surface area contributed by atoms with Crippen LogP contribution < -0.4 is 4.74 Å². The van der Waals surface area contributed by atoms with E-state index in [1.807, 2.05) is 0 Å². The summed E-state index contributed by atoms with van der Waals surface area (Å²) in [6, 6.07) is 16.4. The Morgan fingerprint density at radius 2 is 1.56 bits per heavy atom. The molecule has 1 spiro atoms. The van der Waals surface area contributed by atoms with E-state index in [1.165, 1.54) is 84.8 Å². The Morgan fingerprint density at radius 1 is 0.821 bits per heavy atom. The number of ether oxygens (including phenoxy) is 1. The van der Waals surface area contributed by atoms with Gasteiger partial charge in [0, 0.05) is 22.8 Å². The minimum atomic E-state index is -0.0755. The van der Waals surface area contributed by atoms with E-state index in [2.05, 4.69) is 75.1 Å². The largest absolute Gasteiger partial charge is 0.507 e. The van der Waals surface area contributed by atoms with Crippen molar-refractivity contribution in [1.29, 1.82) is 0 Å². The topological polar surface area (TPSA) is 32.7 Å². The summed E-state index contributed by atoms with van der Waals surface area (Å²) < 4.78 is 6.07. The number of aromatic hydroxyl groups is 1. The number of benzene rings is 3. The Bertz CT molecular complexity index is 1430. The van der Waals surface area contributed by atoms with Crippen LogP contribution in [0.5, 0.6) is 11.5 Å². The van der Waals surface area contributed by atoms with E-state index in [4.69, 9.17) is 4.74 Å². The van der Waals surface area contributed by atoms with Crippen LogP contribution in [0.25, 0.3) is 21.9 Å². The smallest absolute Gasteiger partial charge is 0.123 e. The zero-order chi connectivity index (χ0) is 27.2. The lowest BCUT2D eigenvalue weighted by Gasteiger charge is -2.51. The van der Waals surface area contributed by atoms with Crippen LogP contribution in [0.1, 0.15) is 102 Å². The predicted octanol–water partition coefficient (Wildman–Crippen LogP) is 8.79. The maximum atomic E-state index is 11.6. The van der Waals surface area contributed by atoms with Gasteiger partial charge in [-0.25, -0.2) is 0 Å². The first-order chi connectivity index (χ1) is 18.6. The summed E-state index contributed by atoms with van der Waals surface area (Å²) >= 11 is 0. The van der Waals surface area contributed by atoms with Gasteiger partial charge in [-0.15, -0.1) is 0 Å². The average Bonchev–Trinajstić information content (AvgIpc) is 3.14. The van der Waals surface area contributed by atoms with E-state index in [0.717, 1.165) is 24.0 Å². The lowest BCUT2D eigenvalue weighted by Crippen LogP contribution is -2.46. The van der Waals surface area contributed by atoms with Crippen molar-refractivity contribution in [1.82, 2.24) is 4.90 Å². The zero-order valence-corrected chi connectivity index (χ0v) is 24.6. The molecule has 2 unspecified atom stereocenters. The van der Waals surface area contributed by atoms with Gasteiger partial charge < -0.3 is 9.84 Å². The minimum absolute atomic E-state index is 0.0755. The van der Waals surface area contributed by atoms with Gasteiger partial charge >= 0.3 is 0 Å². The Hall–Kier alpha value is -2.52. The van der Waals surface area contributed by atoms with Crippen LogP contribution in [0.2, 0.25) is 0 Å². The van der Waals surface area contributed by atoms with Crippen LogP contribution in [0.4, 0.5) is 0 Å². The van der Waals surface area contributed by atoms with Gasteiger partial charge in [0.25, 0.3) is 0 Å². The summed E-state index contributed by atoms with van der Waals surface area (Å²) in [6.45, 7) is 12.2. The highest BCUT2D eigenvalue weighted by atomic mass is 16.5. The van der Waals surface area contributed by atoms with Crippen LogP contribution in [0.3, 0.4) is 0 Å². The van der Waals surface area contributed by atoms with Crippen molar-refractivity contribution >= 4 is 10.8 Å². The quantitative estimate of drug-likeness (QED) is 0.364. The van der Waals surface area contributed by atoms with Gasteiger partial charge in [0.05, 0.1) is 7.11 Å². The van der Waals surface area contributed by atoms with Crippen molar-refractivity contribution < 1.29 is 9.84 Å². The summed E-state index contributed by atoms with van der Waals surface area (Å²) in [5, 5.41) is 13.8. The number of hydrogen-bond donors (Lipinski definition) is 1. The highest BCUT2D eigenvalue weighted by molar-refractivity contribution is 6.06. The number of nitrogens with zero attached hydrogens (tertiary/aromatic N) is 1. The molecule has 2 heterocycles. The molecule has 3 aromatic rings. The molecule has 3 fully saturated rings. The van der Waals surface area contributed by atoms with Gasteiger partial charge in [-0.1, -0.05) is 58.4 Å². The molecular weight excluding hydrogens is 478 g/mol. The van der Waals surface area contributed by atoms with E-state index in [1.54, 1.807) is 7.11 Å². The van der Waals surface area contributed by atoms with Crippen LogP contribution in [0, 0.1) is 10.8 Å². The molecule has 0 bridgehead atoms. The Balaban J connectivity index is 1.49. The minimum Gasteiger partial charge on any atom is -0.507 e. The predicted molar refractivity (Wildman–Crippen MR) is 161 cm³/mol. The second kappa shape index (κ2) is 8.74. The first kappa shape index (κ1) is 25.4. The fourth-order valence-electron chi connectivity index (χ4n) is 10.2. The number of rotatable bonds is 2. The molecule has 2 aliphatic heterocycles. The Kier molecular flexibility index (Phi) is 5.70. The van der Waals surface area contributed by atoms with Crippen molar-refractivity contribution in [2.45, 2.75) is 96.4 Å². The zero-order valence-electron chi connectivity index (χ0n) is 24.6. The maximum Gasteiger partial charge on any atom is 0.123 e. The van der Waals surface area contributed by atoms with E-state index in [0.29, 0.717) is 17.7 Å². The van der Waals surface area contributed by atoms with Crippen LogP contribution in [-0.2, 0) is 5.41 Å². The third-order valence-electron chi connectivity index (χ3n) is 10.7. The SMILES string of the molecule is COc1cc2c(O)cc3c(c2cc1C1CCCN2CCCCC12)-c1ccccc1C31CC(C)(C)CC(C)(C)C1. The molecule has 4 aliphatic rings. The Labute approximate surface area is 234 Å². The summed E-state index contributed by atoms with van der Waals surface area (Å²) in [5.41, 5.74) is 7.23. The molecule has 2 atom stereocenters. The lowest BCUT2D eigenvalue weighted by atomic mass is 9.52. The van der Waals surface area contributed by atoms with Gasteiger partial charge in [0.15, 0.2) is 0 Å². The molecule has 0 radical (unpaired) electrons. The van der Waals surface area contributed by atoms with Crippen molar-refractivity contribution in [2.75, 3.05) is 20.2 Å². The van der Waals surface area contributed by atoms with Gasteiger partial charge in [-0.3, -0.25) is 4.90 Å². The van der Waals surface area contributed by atoms with Gasteiger partial charge in [-0.05, 0) is 120 Å². The molecule has 39 heavy (non-hydrogen) atoms. The van der Waals surface area contributed by atoms with E-state index in [-0.39, 0.29) is 16.2 Å². The molecule has 1 N–H and O–H groups in total. The average molecular weight is 524 g/mol. The monoisotopic (exact) mass is 523 g/mol. The van der Waals surface area contributed by atoms with Crippen LogP contribution in [-0.4, -0.2) is 36.2 Å². The number of piperidine rings is 2. The Morgan fingerprint density at radius 3 is 2.33 bits per heavy atom. The summed E-state index contributed by atoms with van der Waals surface area (Å²) in [4.78, 5) is 2.74. The summed E-state index contributed by atoms with van der Waals surface area (Å²) in [6.07, 6.45) is 9.84. The maximum absolute atomic E-state index is 11.6. The fourth-order valence-corrected chi connectivity index (χ4v) is 10.2. The number of methoxy groups -OCH3 is 1. The second-order valence-corrected chi connectivity index (χ2v) is 14.8. The molecular formula is C36H45NO2. The molecule has 2 aliphatic carbocycles. The first-order valence-electron chi connectivity index (χ1n) is 15.3. The molecule has 0 amide bonds. The molecule has 206 valence electrons. The first-order valence-corrected chi connectivity index (χ1v) is 15.3. The standard InChI is InChI=1S/C36H45NO2/c1-34(2)20-35(3,4)22-36(21-34)28-13-7-6-11-24(28)33-27-17-26(23-12-10-16-37-15-9-8-14-30(23)37)32(39-5)18-25(27)31(38)19-29(33)36/h6-7,11,13,17-19,23,30,38H,8-10,12,14-16,20-22H2,1-5H3. The second-order valence-electron chi connectivity index (χ2n) is 14.8. The molecule has 7 rings (SSSR count). The van der Waals surface area contributed by atoms with Crippen LogP contribution in [0.15, 0.2) is 42.5 Å². The highest BCUT2D eigenvalue weighted by Gasteiger charge is 2.53. The highest BCUT2D eigenvalue weighted by Crippen LogP contribution is 2.65. The molecule has 1 saturated carbocycles. The van der Waals surface area contributed by atoms with Crippen molar-refractivity contribution in [3.05, 3.63) is 59.2 Å². The summed E-state index contributed by atoms with van der Waals surface area (Å²) in [7, 11) is 1.80. The van der Waals surface area contributed by atoms with E-state index in [9.17, 15) is 5.11 Å². The van der Waals surface area contributed by atoms with Crippen molar-refractivity contribution in [3.8, 4) is 22.6 Å². The molecule has 2 saturated heterocycles. The van der Waals surface area contributed by atoms with Gasteiger partial charge in [0.1, 0.15) is 11.5 Å². The van der Waals surface area contributed by atoms with Crippen LogP contribution >= 0.6 is 0 Å².